The van der Waals surface area contributed by atoms with Gasteiger partial charge in [-0.3, -0.25) is 14.5 Å². The highest BCUT2D eigenvalue weighted by Crippen LogP contribution is 2.36. The summed E-state index contributed by atoms with van der Waals surface area (Å²) in [7, 11) is 1.83. The van der Waals surface area contributed by atoms with Gasteiger partial charge in [-0.2, -0.15) is 13.2 Å². The van der Waals surface area contributed by atoms with Crippen molar-refractivity contribution < 1.29 is 27.2 Å². The molecule has 0 radical (unpaired) electrons. The number of rotatable bonds is 10. The summed E-state index contributed by atoms with van der Waals surface area (Å²) < 4.78 is 53.4. The predicted octanol–water partition coefficient (Wildman–Crippen LogP) is 6.35. The minimum absolute atomic E-state index is 0.00203. The van der Waals surface area contributed by atoms with Crippen LogP contribution in [0.25, 0.3) is 0 Å². The Hall–Kier alpha value is -2.40. The number of hydrogen-bond acceptors (Lipinski definition) is 4. The number of halogens is 6. The van der Waals surface area contributed by atoms with Crippen molar-refractivity contribution in [3.8, 4) is 0 Å². The van der Waals surface area contributed by atoms with E-state index in [1.165, 1.54) is 13.0 Å². The van der Waals surface area contributed by atoms with Crippen molar-refractivity contribution in [3.05, 3.63) is 69.0 Å². The molecule has 1 N–H and O–H groups in total. The van der Waals surface area contributed by atoms with Gasteiger partial charge in [-0.15, -0.1) is 0 Å². The van der Waals surface area contributed by atoms with E-state index < -0.39 is 17.6 Å². The Morgan fingerprint density at radius 3 is 2.37 bits per heavy atom. The van der Waals surface area contributed by atoms with Crippen LogP contribution in [0.4, 0.5) is 17.6 Å². The molecule has 236 valence electrons. The zero-order valence-electron chi connectivity index (χ0n) is 24.4. The molecule has 0 unspecified atom stereocenters. The highest BCUT2D eigenvalue weighted by molar-refractivity contribution is 6.42. The monoisotopic (exact) mass is 644 g/mol. The fourth-order valence-corrected chi connectivity index (χ4v) is 6.46. The average molecular weight is 646 g/mol. The van der Waals surface area contributed by atoms with Gasteiger partial charge in [0, 0.05) is 64.1 Å². The number of piperidine rings is 1. The summed E-state index contributed by atoms with van der Waals surface area (Å²) in [5.74, 6) is -1.37. The molecule has 2 aromatic carbocycles. The van der Waals surface area contributed by atoms with Gasteiger partial charge in [0.15, 0.2) is 0 Å². The SMILES string of the molecule is CC(=O)NC1CCN(CCCCC(=O)N2C[C@H](c3ccc(Cl)c(Cl)c3)[C@H](N(C)Cc3ccc(C(F)(F)F)c(F)c3)C2)CC1. The van der Waals surface area contributed by atoms with Crippen molar-refractivity contribution in [1.29, 1.82) is 0 Å². The Morgan fingerprint density at radius 2 is 1.74 bits per heavy atom. The van der Waals surface area contributed by atoms with Gasteiger partial charge in [0.1, 0.15) is 5.82 Å². The largest absolute Gasteiger partial charge is 0.419 e. The second kappa shape index (κ2) is 14.6. The van der Waals surface area contributed by atoms with E-state index in [-0.39, 0.29) is 36.4 Å². The first kappa shape index (κ1) is 33.5. The molecule has 2 aliphatic heterocycles. The lowest BCUT2D eigenvalue weighted by Gasteiger charge is -2.32. The molecule has 0 aromatic heterocycles. The summed E-state index contributed by atoms with van der Waals surface area (Å²) in [6.07, 6.45) is -0.846. The molecule has 2 saturated heterocycles. The number of carbonyl (C=O) groups excluding carboxylic acids is 2. The smallest absolute Gasteiger partial charge is 0.354 e. The van der Waals surface area contributed by atoms with Crippen LogP contribution in [0.15, 0.2) is 36.4 Å². The van der Waals surface area contributed by atoms with Gasteiger partial charge < -0.3 is 15.1 Å². The second-order valence-electron chi connectivity index (χ2n) is 11.6. The molecule has 43 heavy (non-hydrogen) atoms. The number of hydrogen-bond donors (Lipinski definition) is 1. The first-order chi connectivity index (χ1) is 20.3. The van der Waals surface area contributed by atoms with Crippen LogP contribution < -0.4 is 5.32 Å². The predicted molar refractivity (Wildman–Crippen MR) is 160 cm³/mol. The van der Waals surface area contributed by atoms with Crippen molar-refractivity contribution in [1.82, 2.24) is 20.0 Å². The van der Waals surface area contributed by atoms with Crippen LogP contribution in [0.2, 0.25) is 10.0 Å². The van der Waals surface area contributed by atoms with Gasteiger partial charge in [0.2, 0.25) is 11.8 Å². The number of unbranched alkanes of at least 4 members (excludes halogenated alkanes) is 1. The van der Waals surface area contributed by atoms with E-state index in [2.05, 4.69) is 10.2 Å². The third-order valence-electron chi connectivity index (χ3n) is 8.46. The van der Waals surface area contributed by atoms with Crippen molar-refractivity contribution in [2.45, 2.75) is 69.8 Å². The molecule has 0 spiro atoms. The lowest BCUT2D eigenvalue weighted by molar-refractivity contribution is -0.140. The molecule has 0 bridgehead atoms. The van der Waals surface area contributed by atoms with Crippen LogP contribution in [0.5, 0.6) is 0 Å². The molecule has 0 aliphatic carbocycles. The third kappa shape index (κ3) is 9.06. The number of nitrogens with one attached hydrogen (secondary N) is 1. The molecule has 2 aliphatic rings. The van der Waals surface area contributed by atoms with E-state index in [1.807, 2.05) is 22.9 Å². The number of alkyl halides is 3. The molecule has 4 rings (SSSR count). The van der Waals surface area contributed by atoms with Crippen LogP contribution >= 0.6 is 23.2 Å². The maximum atomic E-state index is 14.3. The second-order valence-corrected chi connectivity index (χ2v) is 12.5. The van der Waals surface area contributed by atoms with Crippen LogP contribution in [0.3, 0.4) is 0 Å². The Balaban J connectivity index is 1.36. The lowest BCUT2D eigenvalue weighted by atomic mass is 9.93. The van der Waals surface area contributed by atoms with Crippen molar-refractivity contribution in [3.63, 3.8) is 0 Å². The first-order valence-electron chi connectivity index (χ1n) is 14.6. The number of likely N-dealkylation sites (N-methyl/N-ethyl adjacent to an activating group) is 1. The lowest BCUT2D eigenvalue weighted by Crippen LogP contribution is -2.44. The van der Waals surface area contributed by atoms with Gasteiger partial charge in [0.05, 0.1) is 15.6 Å². The summed E-state index contributed by atoms with van der Waals surface area (Å²) in [4.78, 5) is 30.7. The zero-order valence-corrected chi connectivity index (χ0v) is 25.9. The Labute approximate surface area is 260 Å². The van der Waals surface area contributed by atoms with Gasteiger partial charge in [-0.1, -0.05) is 35.3 Å². The highest BCUT2D eigenvalue weighted by atomic mass is 35.5. The summed E-state index contributed by atoms with van der Waals surface area (Å²) >= 11 is 12.5. The van der Waals surface area contributed by atoms with Crippen LogP contribution in [0, 0.1) is 5.82 Å². The summed E-state index contributed by atoms with van der Waals surface area (Å²) in [6, 6.07) is 8.42. The minimum atomic E-state index is -4.76. The molecule has 2 heterocycles. The normalized spacial score (nSPS) is 20.2. The van der Waals surface area contributed by atoms with Gasteiger partial charge >= 0.3 is 6.18 Å². The molecule has 6 nitrogen and oxygen atoms in total. The Kier molecular flexibility index (Phi) is 11.4. The Morgan fingerprint density at radius 1 is 1.02 bits per heavy atom. The van der Waals surface area contributed by atoms with Gasteiger partial charge in [-0.05, 0) is 74.7 Å². The molecule has 2 fully saturated rings. The van der Waals surface area contributed by atoms with E-state index in [4.69, 9.17) is 23.2 Å². The molecular formula is C31H38Cl2F4N4O2. The number of likely N-dealkylation sites (tertiary alicyclic amines) is 2. The highest BCUT2D eigenvalue weighted by Gasteiger charge is 2.39. The number of amides is 2. The van der Waals surface area contributed by atoms with Crippen LogP contribution in [0.1, 0.15) is 61.6 Å². The fraction of sp³-hybridized carbons (Fsp3) is 0.548. The van der Waals surface area contributed by atoms with Gasteiger partial charge in [-0.25, -0.2) is 4.39 Å². The topological polar surface area (TPSA) is 55.9 Å². The number of benzene rings is 2. The molecule has 2 atom stereocenters. The van der Waals surface area contributed by atoms with Crippen molar-refractivity contribution in [2.75, 3.05) is 39.8 Å². The maximum absolute atomic E-state index is 14.3. The van der Waals surface area contributed by atoms with E-state index in [1.54, 1.807) is 12.1 Å². The van der Waals surface area contributed by atoms with Crippen molar-refractivity contribution >= 4 is 35.0 Å². The minimum Gasteiger partial charge on any atom is -0.354 e. The van der Waals surface area contributed by atoms with E-state index in [9.17, 15) is 27.2 Å². The fourth-order valence-electron chi connectivity index (χ4n) is 6.16. The molecule has 0 saturated carbocycles. The third-order valence-corrected chi connectivity index (χ3v) is 9.20. The average Bonchev–Trinajstić information content (AvgIpc) is 3.38. The first-order valence-corrected chi connectivity index (χ1v) is 15.4. The van der Waals surface area contributed by atoms with E-state index >= 15 is 0 Å². The zero-order chi connectivity index (χ0) is 31.3. The standard InChI is InChI=1S/C31H38Cl2F4N4O2/c1-20(42)38-23-10-13-40(14-11-23)12-4-3-5-30(43)41-18-24(22-7-9-26(32)27(33)16-22)29(19-41)39(2)17-21-6-8-25(28(34)15-21)31(35,36)37/h6-9,15-16,23-24,29H,3-5,10-14,17-19H2,1-2H3,(H,38,42)/t24-,29-/m1/s1. The van der Waals surface area contributed by atoms with Crippen LogP contribution in [-0.4, -0.2) is 78.4 Å². The van der Waals surface area contributed by atoms with Crippen LogP contribution in [-0.2, 0) is 22.3 Å². The number of carbonyl (C=O) groups is 2. The number of nitrogens with zero attached hydrogens (tertiary/aromatic N) is 3. The molecule has 2 amide bonds. The van der Waals surface area contributed by atoms with Gasteiger partial charge in [0.25, 0.3) is 0 Å². The summed E-state index contributed by atoms with van der Waals surface area (Å²) in [5.41, 5.74) is 0.0225. The molecule has 12 heteroatoms. The summed E-state index contributed by atoms with van der Waals surface area (Å²) in [6.45, 7) is 5.39. The van der Waals surface area contributed by atoms with E-state index in [0.717, 1.165) is 63.0 Å². The quantitative estimate of drug-likeness (QED) is 0.242. The van der Waals surface area contributed by atoms with Crippen molar-refractivity contribution in [2.24, 2.45) is 0 Å². The summed E-state index contributed by atoms with van der Waals surface area (Å²) in [5, 5.41) is 3.80. The Bertz CT molecular complexity index is 1290. The molecular weight excluding hydrogens is 607 g/mol. The van der Waals surface area contributed by atoms with E-state index in [0.29, 0.717) is 35.1 Å². The maximum Gasteiger partial charge on any atom is 0.419 e. The molecule has 2 aromatic rings.